The second-order valence-corrected chi connectivity index (χ2v) is 12.4. The van der Waals surface area contributed by atoms with E-state index < -0.39 is 0 Å². The minimum atomic E-state index is -0.264. The van der Waals surface area contributed by atoms with Crippen LogP contribution in [0.5, 0.6) is 0 Å². The number of carbonyl (C=O) groups excluding carboxylic acids is 1. The summed E-state index contributed by atoms with van der Waals surface area (Å²) >= 11 is 0. The van der Waals surface area contributed by atoms with Gasteiger partial charge in [0.15, 0.2) is 0 Å². The third kappa shape index (κ3) is 3.52. The number of hydrogen-bond acceptors (Lipinski definition) is 2. The molecule has 2 nitrogen and oxygen atoms in total. The van der Waals surface area contributed by atoms with Crippen LogP contribution in [0.3, 0.4) is 0 Å². The lowest BCUT2D eigenvalue weighted by molar-refractivity contribution is -0.159. The van der Waals surface area contributed by atoms with Crippen LogP contribution in [0.4, 0.5) is 0 Å². The summed E-state index contributed by atoms with van der Waals surface area (Å²) in [5, 5.41) is 10.3. The van der Waals surface area contributed by atoms with E-state index in [2.05, 4.69) is 64.1 Å². The maximum atomic E-state index is 13.3. The van der Waals surface area contributed by atoms with Crippen molar-refractivity contribution in [1.82, 2.24) is 0 Å². The molecule has 1 aromatic carbocycles. The molecule has 174 valence electrons. The molecule has 0 amide bonds. The zero-order valence-electron chi connectivity index (χ0n) is 20.5. The van der Waals surface area contributed by atoms with Crippen LogP contribution in [0, 0.1) is 53.3 Å². The molecule has 5 rings (SSSR count). The van der Waals surface area contributed by atoms with Crippen LogP contribution in [0.25, 0.3) is 6.08 Å². The Hall–Kier alpha value is -1.41. The van der Waals surface area contributed by atoms with Gasteiger partial charge in [0.2, 0.25) is 0 Å². The van der Waals surface area contributed by atoms with Gasteiger partial charge in [0.05, 0.1) is 6.10 Å². The molecule has 1 N–H and O–H groups in total. The summed E-state index contributed by atoms with van der Waals surface area (Å²) in [6.45, 7) is 9.52. The van der Waals surface area contributed by atoms with Crippen LogP contribution in [0.1, 0.15) is 83.3 Å². The number of allylic oxidation sites excluding steroid dienone is 1. The molecule has 2 heteroatoms. The maximum absolute atomic E-state index is 13.3. The van der Waals surface area contributed by atoms with E-state index in [0.717, 1.165) is 19.3 Å². The topological polar surface area (TPSA) is 37.3 Å². The number of hydrogen-bond donors (Lipinski definition) is 1. The molecule has 0 unspecified atom stereocenters. The monoisotopic (exact) mass is 434 g/mol. The number of fused-ring (bicyclic) bond motifs is 5. The number of ketones is 1. The van der Waals surface area contributed by atoms with Gasteiger partial charge in [-0.05, 0) is 97.9 Å². The van der Waals surface area contributed by atoms with E-state index in [9.17, 15) is 9.90 Å². The van der Waals surface area contributed by atoms with E-state index in [0.29, 0.717) is 47.2 Å². The van der Waals surface area contributed by atoms with Gasteiger partial charge in [-0.3, -0.25) is 4.79 Å². The first-order chi connectivity index (χ1) is 15.2. The first-order valence-electron chi connectivity index (χ1n) is 13.2. The van der Waals surface area contributed by atoms with E-state index in [1.807, 2.05) is 0 Å². The van der Waals surface area contributed by atoms with Crippen molar-refractivity contribution in [2.75, 3.05) is 0 Å². The molecule has 0 radical (unpaired) electrons. The molecule has 9 atom stereocenters. The standard InChI is InChI=1S/C30H42O2/c1-19-5-8-21(9-6-19)10-7-20(2)24-11-12-25-23-18-28(32)27-17-22(31)13-15-30(27,4)26(23)14-16-29(24,25)3/h5-10,20,22-27,31H,11-18H2,1-4H3/b10-7+/t20-,22-,23+,24-,25+,26+,27-,29-,30-/m1/s1. The normalized spacial score (nSPS) is 44.7. The largest absolute Gasteiger partial charge is 0.393 e. The van der Waals surface area contributed by atoms with Gasteiger partial charge in [-0.15, -0.1) is 0 Å². The lowest BCUT2D eigenvalue weighted by atomic mass is 9.44. The highest BCUT2D eigenvalue weighted by Crippen LogP contribution is 2.67. The van der Waals surface area contributed by atoms with Crippen molar-refractivity contribution in [3.63, 3.8) is 0 Å². The molecule has 0 spiro atoms. The fraction of sp³-hybridized carbons (Fsp3) is 0.700. The van der Waals surface area contributed by atoms with Crippen LogP contribution in [-0.4, -0.2) is 17.0 Å². The van der Waals surface area contributed by atoms with Crippen LogP contribution >= 0.6 is 0 Å². The molecular weight excluding hydrogens is 392 g/mol. The summed E-state index contributed by atoms with van der Waals surface area (Å²) in [4.78, 5) is 13.3. The SMILES string of the molecule is Cc1ccc(/C=C/[C@@H](C)[C@H]2CC[C@H]3[C@@H]4CC(=O)[C@H]5C[C@H](O)CC[C@]5(C)[C@H]4CC[C@]23C)cc1. The van der Waals surface area contributed by atoms with Crippen molar-refractivity contribution >= 4 is 11.9 Å². The van der Waals surface area contributed by atoms with Crippen molar-refractivity contribution in [1.29, 1.82) is 0 Å². The molecule has 0 bridgehead atoms. The molecule has 0 aromatic heterocycles. The number of benzene rings is 1. The Labute approximate surface area is 194 Å². The van der Waals surface area contributed by atoms with E-state index in [1.165, 1.54) is 36.8 Å². The third-order valence-corrected chi connectivity index (χ3v) is 10.8. The first kappa shape index (κ1) is 22.4. The van der Waals surface area contributed by atoms with Crippen LogP contribution < -0.4 is 0 Å². The number of carbonyl (C=O) groups is 1. The van der Waals surface area contributed by atoms with Gasteiger partial charge in [-0.1, -0.05) is 62.8 Å². The fourth-order valence-electron chi connectivity index (χ4n) is 9.00. The predicted molar refractivity (Wildman–Crippen MR) is 131 cm³/mol. The van der Waals surface area contributed by atoms with Crippen LogP contribution in [-0.2, 0) is 4.79 Å². The average molecular weight is 435 g/mol. The van der Waals surface area contributed by atoms with Crippen LogP contribution in [0.15, 0.2) is 30.3 Å². The molecule has 0 heterocycles. The Morgan fingerprint density at radius 1 is 1.00 bits per heavy atom. The van der Waals surface area contributed by atoms with Crippen molar-refractivity contribution in [3.05, 3.63) is 41.5 Å². The minimum Gasteiger partial charge on any atom is -0.393 e. The molecule has 4 saturated carbocycles. The smallest absolute Gasteiger partial charge is 0.136 e. The molecule has 0 aliphatic heterocycles. The number of aryl methyl sites for hydroxylation is 1. The predicted octanol–water partition coefficient (Wildman–Crippen LogP) is 6.84. The first-order valence-corrected chi connectivity index (χ1v) is 13.2. The third-order valence-electron chi connectivity index (χ3n) is 10.8. The van der Waals surface area contributed by atoms with Crippen molar-refractivity contribution in [2.45, 2.75) is 85.2 Å². The maximum Gasteiger partial charge on any atom is 0.136 e. The zero-order chi connectivity index (χ0) is 22.7. The lowest BCUT2D eigenvalue weighted by Gasteiger charge is -2.60. The number of aliphatic hydroxyl groups is 1. The molecule has 0 saturated heterocycles. The molecule has 1 aromatic rings. The number of rotatable bonds is 3. The average Bonchev–Trinajstić information content (AvgIpc) is 3.12. The summed E-state index contributed by atoms with van der Waals surface area (Å²) < 4.78 is 0. The van der Waals surface area contributed by atoms with E-state index in [1.54, 1.807) is 0 Å². The Kier molecular flexibility index (Phi) is 5.68. The Morgan fingerprint density at radius 2 is 1.69 bits per heavy atom. The fourth-order valence-corrected chi connectivity index (χ4v) is 9.00. The molecule has 4 aliphatic rings. The summed E-state index contributed by atoms with van der Waals surface area (Å²) in [5.41, 5.74) is 3.08. The zero-order valence-corrected chi connectivity index (χ0v) is 20.5. The molecule has 32 heavy (non-hydrogen) atoms. The highest BCUT2D eigenvalue weighted by molar-refractivity contribution is 5.83. The van der Waals surface area contributed by atoms with E-state index in [-0.39, 0.29) is 17.4 Å². The van der Waals surface area contributed by atoms with Crippen LogP contribution in [0.2, 0.25) is 0 Å². The van der Waals surface area contributed by atoms with Gasteiger partial charge in [-0.2, -0.15) is 0 Å². The van der Waals surface area contributed by atoms with Gasteiger partial charge in [0.1, 0.15) is 5.78 Å². The quantitative estimate of drug-likeness (QED) is 0.565. The lowest BCUT2D eigenvalue weighted by Crippen LogP contribution is -2.57. The van der Waals surface area contributed by atoms with Crippen molar-refractivity contribution in [2.24, 2.45) is 46.3 Å². The Morgan fingerprint density at radius 3 is 2.44 bits per heavy atom. The summed E-state index contributed by atoms with van der Waals surface area (Å²) in [5.74, 6) is 3.77. The highest BCUT2D eigenvalue weighted by Gasteiger charge is 2.62. The van der Waals surface area contributed by atoms with Crippen molar-refractivity contribution < 1.29 is 9.90 Å². The van der Waals surface area contributed by atoms with Gasteiger partial charge >= 0.3 is 0 Å². The molecular formula is C30H42O2. The summed E-state index contributed by atoms with van der Waals surface area (Å²) in [6.07, 6.45) is 13.1. The summed E-state index contributed by atoms with van der Waals surface area (Å²) in [7, 11) is 0. The number of aliphatic hydroxyl groups excluding tert-OH is 1. The van der Waals surface area contributed by atoms with Crippen molar-refractivity contribution in [3.8, 4) is 0 Å². The van der Waals surface area contributed by atoms with Gasteiger partial charge in [0.25, 0.3) is 0 Å². The van der Waals surface area contributed by atoms with E-state index in [4.69, 9.17) is 0 Å². The number of Topliss-reactive ketones (excluding diaryl/α,β-unsaturated/α-hetero) is 1. The van der Waals surface area contributed by atoms with Gasteiger partial charge < -0.3 is 5.11 Å². The van der Waals surface area contributed by atoms with Gasteiger partial charge in [-0.25, -0.2) is 0 Å². The second kappa shape index (κ2) is 8.12. The second-order valence-electron chi connectivity index (χ2n) is 12.4. The minimum absolute atomic E-state index is 0.102. The highest BCUT2D eigenvalue weighted by atomic mass is 16.3. The Balaban J connectivity index is 1.35. The Bertz CT molecular complexity index is 885. The molecule has 4 fully saturated rings. The molecule has 4 aliphatic carbocycles. The van der Waals surface area contributed by atoms with E-state index >= 15 is 0 Å². The van der Waals surface area contributed by atoms with Gasteiger partial charge in [0, 0.05) is 12.3 Å². The summed E-state index contributed by atoms with van der Waals surface area (Å²) in [6, 6.07) is 8.82.